The lowest BCUT2D eigenvalue weighted by atomic mass is 10.1. The number of carbonyl (C=O) groups excluding carboxylic acids is 1. The summed E-state index contributed by atoms with van der Waals surface area (Å²) in [6, 6.07) is 3.51. The Labute approximate surface area is 53.5 Å². The summed E-state index contributed by atoms with van der Waals surface area (Å²) in [6.45, 7) is 1.74. The fourth-order valence-electron chi connectivity index (χ4n) is 0.596. The second kappa shape index (κ2) is 2.49. The zero-order chi connectivity index (χ0) is 6.69. The van der Waals surface area contributed by atoms with E-state index in [1.807, 2.05) is 6.29 Å². The van der Waals surface area contributed by atoms with E-state index in [9.17, 15) is 4.79 Å². The predicted octanol–water partition coefficient (Wildman–Crippen LogP) is 1.49. The highest BCUT2D eigenvalue weighted by Crippen LogP contribution is 2.11. The molecule has 0 aromatic carbocycles. The van der Waals surface area contributed by atoms with Gasteiger partial charge >= 0.3 is 0 Å². The van der Waals surface area contributed by atoms with Crippen molar-refractivity contribution in [2.24, 2.45) is 0 Å². The van der Waals surface area contributed by atoms with Gasteiger partial charge < -0.3 is 4.42 Å². The van der Waals surface area contributed by atoms with E-state index in [4.69, 9.17) is 4.42 Å². The van der Waals surface area contributed by atoms with E-state index < -0.39 is 0 Å². The molecule has 0 aliphatic heterocycles. The minimum atomic E-state index is -0.236. The van der Waals surface area contributed by atoms with Crippen molar-refractivity contribution in [1.29, 1.82) is 0 Å². The summed E-state index contributed by atoms with van der Waals surface area (Å²) >= 11 is 0. The summed E-state index contributed by atoms with van der Waals surface area (Å²) in [5, 5.41) is 0. The maximum Gasteiger partial charge on any atom is 0.209 e. The van der Waals surface area contributed by atoms with Gasteiger partial charge in [-0.3, -0.25) is 4.79 Å². The number of furan rings is 1. The van der Waals surface area contributed by atoms with Crippen molar-refractivity contribution in [3.63, 3.8) is 0 Å². The molecular formula is C7H7O2. The van der Waals surface area contributed by atoms with Gasteiger partial charge in [0.1, 0.15) is 5.76 Å². The molecule has 1 aromatic heterocycles. The van der Waals surface area contributed by atoms with Gasteiger partial charge in [0.05, 0.1) is 12.2 Å². The van der Waals surface area contributed by atoms with Crippen LogP contribution in [0, 0.1) is 0 Å². The van der Waals surface area contributed by atoms with Crippen molar-refractivity contribution < 1.29 is 9.21 Å². The van der Waals surface area contributed by atoms with E-state index in [0.29, 0.717) is 5.76 Å². The number of rotatable bonds is 2. The maximum atomic E-state index is 10.0. The zero-order valence-electron chi connectivity index (χ0n) is 5.13. The first-order valence-electron chi connectivity index (χ1n) is 2.75. The normalized spacial score (nSPS) is 13.0. The van der Waals surface area contributed by atoms with Gasteiger partial charge in [0, 0.05) is 0 Å². The largest absolute Gasteiger partial charge is 0.469 e. The van der Waals surface area contributed by atoms with Crippen molar-refractivity contribution in [2.75, 3.05) is 0 Å². The Hall–Kier alpha value is -1.05. The average molecular weight is 123 g/mol. The summed E-state index contributed by atoms with van der Waals surface area (Å²) in [5.41, 5.74) is 0. The molecule has 0 fully saturated rings. The molecule has 0 aliphatic rings. The minimum Gasteiger partial charge on any atom is -0.469 e. The first-order valence-corrected chi connectivity index (χ1v) is 2.75. The monoisotopic (exact) mass is 123 g/mol. The van der Waals surface area contributed by atoms with Gasteiger partial charge in [-0.2, -0.15) is 0 Å². The molecule has 1 heterocycles. The third-order valence-electron chi connectivity index (χ3n) is 1.15. The van der Waals surface area contributed by atoms with Gasteiger partial charge in [-0.1, -0.05) is 0 Å². The van der Waals surface area contributed by atoms with Crippen LogP contribution in [0.15, 0.2) is 22.8 Å². The lowest BCUT2D eigenvalue weighted by Crippen LogP contribution is -1.89. The van der Waals surface area contributed by atoms with Gasteiger partial charge in [-0.25, -0.2) is 0 Å². The van der Waals surface area contributed by atoms with Crippen LogP contribution in [0.5, 0.6) is 0 Å². The summed E-state index contributed by atoms with van der Waals surface area (Å²) < 4.78 is 4.92. The molecule has 0 saturated heterocycles. The molecule has 0 N–H and O–H groups in total. The maximum absolute atomic E-state index is 10.0. The Morgan fingerprint density at radius 1 is 1.78 bits per heavy atom. The Balaban J connectivity index is 2.76. The third kappa shape index (κ3) is 1.19. The van der Waals surface area contributed by atoms with Crippen LogP contribution in [0.2, 0.25) is 0 Å². The van der Waals surface area contributed by atoms with Crippen molar-refractivity contribution in [3.05, 3.63) is 24.2 Å². The summed E-state index contributed by atoms with van der Waals surface area (Å²) in [5.74, 6) is 0.435. The Morgan fingerprint density at radius 3 is 3.00 bits per heavy atom. The first-order chi connectivity index (χ1) is 4.34. The fraction of sp³-hybridized carbons (Fsp3) is 0.286. The molecule has 0 amide bonds. The van der Waals surface area contributed by atoms with Crippen LogP contribution in [0.4, 0.5) is 0 Å². The highest BCUT2D eigenvalue weighted by atomic mass is 16.3. The fourth-order valence-corrected chi connectivity index (χ4v) is 0.596. The van der Waals surface area contributed by atoms with Gasteiger partial charge in [-0.15, -0.1) is 0 Å². The molecule has 1 unspecified atom stereocenters. The van der Waals surface area contributed by atoms with E-state index in [0.717, 1.165) is 0 Å². The quantitative estimate of drug-likeness (QED) is 0.596. The summed E-state index contributed by atoms with van der Waals surface area (Å²) in [6.07, 6.45) is 3.37. The summed E-state index contributed by atoms with van der Waals surface area (Å²) in [7, 11) is 0. The molecule has 9 heavy (non-hydrogen) atoms. The van der Waals surface area contributed by atoms with E-state index in [1.165, 1.54) is 0 Å². The topological polar surface area (TPSA) is 30.2 Å². The van der Waals surface area contributed by atoms with Crippen molar-refractivity contribution in [3.8, 4) is 0 Å². The molecule has 1 atom stereocenters. The molecule has 1 aromatic rings. The Morgan fingerprint density at radius 2 is 2.56 bits per heavy atom. The Bertz CT molecular complexity index is 177. The van der Waals surface area contributed by atoms with Crippen LogP contribution in [0.25, 0.3) is 0 Å². The summed E-state index contributed by atoms with van der Waals surface area (Å²) in [4.78, 5) is 10.0. The highest BCUT2D eigenvalue weighted by Gasteiger charge is 2.05. The van der Waals surface area contributed by atoms with Crippen molar-refractivity contribution >= 4 is 6.29 Å². The van der Waals surface area contributed by atoms with Crippen LogP contribution >= 0.6 is 0 Å². The second-order valence-corrected chi connectivity index (χ2v) is 1.85. The predicted molar refractivity (Wildman–Crippen MR) is 32.8 cm³/mol. The smallest absolute Gasteiger partial charge is 0.209 e. The van der Waals surface area contributed by atoms with Gasteiger partial charge in [0.25, 0.3) is 0 Å². The van der Waals surface area contributed by atoms with Crippen LogP contribution in [0.3, 0.4) is 0 Å². The standard InChI is InChI=1S/C7H7O2/c1-6(5-8)7-3-2-4-9-7/h2-4,6H,1H3. The first kappa shape index (κ1) is 6.08. The van der Waals surface area contributed by atoms with Crippen LogP contribution < -0.4 is 0 Å². The average Bonchev–Trinajstić information content (AvgIpc) is 2.37. The van der Waals surface area contributed by atoms with Crippen molar-refractivity contribution in [1.82, 2.24) is 0 Å². The second-order valence-electron chi connectivity index (χ2n) is 1.85. The molecule has 0 aliphatic carbocycles. The third-order valence-corrected chi connectivity index (χ3v) is 1.15. The molecule has 2 heteroatoms. The zero-order valence-corrected chi connectivity index (χ0v) is 5.13. The minimum absolute atomic E-state index is 0.236. The van der Waals surface area contributed by atoms with Gasteiger partial charge in [-0.05, 0) is 19.1 Å². The molecular weight excluding hydrogens is 116 g/mol. The number of hydrogen-bond acceptors (Lipinski definition) is 2. The van der Waals surface area contributed by atoms with E-state index in [-0.39, 0.29) is 5.92 Å². The molecule has 1 rings (SSSR count). The van der Waals surface area contributed by atoms with Crippen LogP contribution in [-0.2, 0) is 4.79 Å². The van der Waals surface area contributed by atoms with E-state index in [2.05, 4.69) is 0 Å². The van der Waals surface area contributed by atoms with E-state index >= 15 is 0 Å². The lowest BCUT2D eigenvalue weighted by Gasteiger charge is -1.92. The number of hydrogen-bond donors (Lipinski definition) is 0. The van der Waals surface area contributed by atoms with E-state index in [1.54, 1.807) is 25.3 Å². The van der Waals surface area contributed by atoms with Crippen LogP contribution in [0.1, 0.15) is 18.6 Å². The highest BCUT2D eigenvalue weighted by molar-refractivity contribution is 5.60. The van der Waals surface area contributed by atoms with Crippen LogP contribution in [-0.4, -0.2) is 6.29 Å². The van der Waals surface area contributed by atoms with Crippen molar-refractivity contribution in [2.45, 2.75) is 12.8 Å². The molecule has 0 bridgehead atoms. The Kier molecular flexibility index (Phi) is 1.68. The van der Waals surface area contributed by atoms with Gasteiger partial charge in [0.2, 0.25) is 6.29 Å². The SMILES string of the molecule is CC([C]=O)c1ccco1. The molecule has 0 saturated carbocycles. The molecule has 2 nitrogen and oxygen atoms in total. The molecule has 47 valence electrons. The lowest BCUT2D eigenvalue weighted by molar-refractivity contribution is 0.487. The van der Waals surface area contributed by atoms with Gasteiger partial charge in [0.15, 0.2) is 0 Å². The molecule has 0 spiro atoms. The molecule has 1 radical (unpaired) electrons.